The van der Waals surface area contributed by atoms with E-state index < -0.39 is 17.5 Å². The Morgan fingerprint density at radius 1 is 1.42 bits per heavy atom. The topological polar surface area (TPSA) is 63.1 Å². The number of aromatic nitrogens is 2. The van der Waals surface area contributed by atoms with E-state index in [1.807, 2.05) is 0 Å². The van der Waals surface area contributed by atoms with Crippen molar-refractivity contribution >= 4 is 5.97 Å². The standard InChI is InChI=1S/C6H4F2N2O2/c7-6(8,5(11)12)4-1-9-3-10-2-4/h1-3H,(H,11,12). The summed E-state index contributed by atoms with van der Waals surface area (Å²) in [7, 11) is 0. The minimum absolute atomic E-state index is 0.725. The molecule has 1 N–H and O–H groups in total. The van der Waals surface area contributed by atoms with Crippen LogP contribution in [0.25, 0.3) is 0 Å². The molecule has 12 heavy (non-hydrogen) atoms. The molecule has 0 fully saturated rings. The lowest BCUT2D eigenvalue weighted by Gasteiger charge is -2.08. The number of rotatable bonds is 2. The second kappa shape index (κ2) is 2.80. The Labute approximate surface area is 65.9 Å². The van der Waals surface area contributed by atoms with Gasteiger partial charge in [-0.15, -0.1) is 0 Å². The summed E-state index contributed by atoms with van der Waals surface area (Å²) in [5.74, 6) is -6.13. The molecule has 0 atom stereocenters. The van der Waals surface area contributed by atoms with Gasteiger partial charge >= 0.3 is 11.9 Å². The Kier molecular flexibility index (Phi) is 1.99. The molecule has 0 radical (unpaired) electrons. The van der Waals surface area contributed by atoms with Gasteiger partial charge in [-0.3, -0.25) is 0 Å². The molecule has 1 heterocycles. The third-order valence-electron chi connectivity index (χ3n) is 1.19. The monoisotopic (exact) mass is 174 g/mol. The first-order chi connectivity index (χ1) is 5.55. The van der Waals surface area contributed by atoms with Crippen LogP contribution in [0.15, 0.2) is 18.7 Å². The summed E-state index contributed by atoms with van der Waals surface area (Å²) in [4.78, 5) is 16.6. The van der Waals surface area contributed by atoms with E-state index >= 15 is 0 Å². The van der Waals surface area contributed by atoms with Crippen molar-refractivity contribution in [3.8, 4) is 0 Å². The predicted octanol–water partition coefficient (Wildman–Crippen LogP) is 0.653. The lowest BCUT2D eigenvalue weighted by Crippen LogP contribution is -2.25. The first kappa shape index (κ1) is 8.51. The molecule has 1 aromatic heterocycles. The van der Waals surface area contributed by atoms with Crippen molar-refractivity contribution < 1.29 is 18.7 Å². The quantitative estimate of drug-likeness (QED) is 0.715. The maximum Gasteiger partial charge on any atom is 0.379 e. The fourth-order valence-corrected chi connectivity index (χ4v) is 0.585. The first-order valence-electron chi connectivity index (χ1n) is 2.92. The molecular weight excluding hydrogens is 170 g/mol. The zero-order valence-corrected chi connectivity index (χ0v) is 5.74. The van der Waals surface area contributed by atoms with Crippen LogP contribution in [0.4, 0.5) is 8.78 Å². The molecule has 4 nitrogen and oxygen atoms in total. The van der Waals surface area contributed by atoms with Gasteiger partial charge in [-0.1, -0.05) is 0 Å². The summed E-state index contributed by atoms with van der Waals surface area (Å²) in [5, 5.41) is 8.09. The minimum atomic E-state index is -3.92. The number of carboxylic acid groups (broad SMARTS) is 1. The lowest BCUT2D eigenvalue weighted by molar-refractivity contribution is -0.166. The van der Waals surface area contributed by atoms with Crippen LogP contribution in [0.2, 0.25) is 0 Å². The molecule has 0 amide bonds. The summed E-state index contributed by atoms with van der Waals surface area (Å²) >= 11 is 0. The van der Waals surface area contributed by atoms with Crippen LogP contribution in [0.1, 0.15) is 5.56 Å². The number of carbonyl (C=O) groups is 1. The van der Waals surface area contributed by atoms with Gasteiger partial charge in [0, 0.05) is 12.4 Å². The Morgan fingerprint density at radius 2 is 1.92 bits per heavy atom. The Balaban J connectivity index is 3.06. The van der Waals surface area contributed by atoms with Crippen molar-refractivity contribution in [3.05, 3.63) is 24.3 Å². The third kappa shape index (κ3) is 1.36. The van der Waals surface area contributed by atoms with Gasteiger partial charge in [0.15, 0.2) is 0 Å². The van der Waals surface area contributed by atoms with Gasteiger partial charge in [0.25, 0.3) is 0 Å². The number of nitrogens with zero attached hydrogens (tertiary/aromatic N) is 2. The number of hydrogen-bond acceptors (Lipinski definition) is 3. The molecule has 1 rings (SSSR count). The SMILES string of the molecule is O=C(O)C(F)(F)c1cncnc1. The summed E-state index contributed by atoms with van der Waals surface area (Å²) < 4.78 is 25.2. The summed E-state index contributed by atoms with van der Waals surface area (Å²) in [6.45, 7) is 0. The Morgan fingerprint density at radius 3 is 2.33 bits per heavy atom. The minimum Gasteiger partial charge on any atom is -0.477 e. The molecule has 6 heteroatoms. The zero-order chi connectivity index (χ0) is 9.19. The van der Waals surface area contributed by atoms with E-state index in [1.165, 1.54) is 0 Å². The van der Waals surface area contributed by atoms with Crippen LogP contribution in [0, 0.1) is 0 Å². The molecular formula is C6H4F2N2O2. The average molecular weight is 174 g/mol. The molecule has 0 saturated heterocycles. The van der Waals surface area contributed by atoms with E-state index in [9.17, 15) is 13.6 Å². The summed E-state index contributed by atoms with van der Waals surface area (Å²) in [6, 6.07) is 0. The van der Waals surface area contributed by atoms with Crippen molar-refractivity contribution in [1.29, 1.82) is 0 Å². The van der Waals surface area contributed by atoms with E-state index in [0.717, 1.165) is 18.7 Å². The van der Waals surface area contributed by atoms with E-state index in [4.69, 9.17) is 5.11 Å². The molecule has 0 saturated carbocycles. The summed E-state index contributed by atoms with van der Waals surface area (Å²) in [5.41, 5.74) is -0.725. The highest BCUT2D eigenvalue weighted by Crippen LogP contribution is 2.26. The number of aliphatic carboxylic acids is 1. The number of halogens is 2. The highest BCUT2D eigenvalue weighted by molar-refractivity contribution is 5.76. The van der Waals surface area contributed by atoms with Crippen LogP contribution < -0.4 is 0 Å². The second-order valence-corrected chi connectivity index (χ2v) is 2.01. The van der Waals surface area contributed by atoms with Gasteiger partial charge in [-0.2, -0.15) is 8.78 Å². The van der Waals surface area contributed by atoms with Crippen molar-refractivity contribution in [2.24, 2.45) is 0 Å². The van der Waals surface area contributed by atoms with Crippen LogP contribution >= 0.6 is 0 Å². The molecule has 64 valence electrons. The van der Waals surface area contributed by atoms with Gasteiger partial charge in [0.1, 0.15) is 6.33 Å². The fourth-order valence-electron chi connectivity index (χ4n) is 0.585. The number of hydrogen-bond donors (Lipinski definition) is 1. The predicted molar refractivity (Wildman–Crippen MR) is 33.6 cm³/mol. The number of alkyl halides is 2. The Bertz CT molecular complexity index is 289. The van der Waals surface area contributed by atoms with Gasteiger partial charge in [-0.05, 0) is 0 Å². The van der Waals surface area contributed by atoms with Crippen LogP contribution in [0.3, 0.4) is 0 Å². The van der Waals surface area contributed by atoms with Crippen molar-refractivity contribution in [1.82, 2.24) is 9.97 Å². The molecule has 1 aromatic rings. The Hall–Kier alpha value is -1.59. The molecule has 0 aliphatic heterocycles. The maximum absolute atomic E-state index is 12.6. The first-order valence-corrected chi connectivity index (χ1v) is 2.92. The van der Waals surface area contributed by atoms with Crippen molar-refractivity contribution in [2.45, 2.75) is 5.92 Å². The maximum atomic E-state index is 12.6. The molecule has 0 bridgehead atoms. The third-order valence-corrected chi connectivity index (χ3v) is 1.19. The molecule has 0 unspecified atom stereocenters. The highest BCUT2D eigenvalue weighted by Gasteiger charge is 2.41. The average Bonchev–Trinajstić information content (AvgIpc) is 2.06. The van der Waals surface area contributed by atoms with Crippen LogP contribution in [-0.2, 0) is 10.7 Å². The van der Waals surface area contributed by atoms with Gasteiger partial charge in [0.05, 0.1) is 5.56 Å². The zero-order valence-electron chi connectivity index (χ0n) is 5.74. The normalized spacial score (nSPS) is 11.2. The van der Waals surface area contributed by atoms with Crippen molar-refractivity contribution in [2.75, 3.05) is 0 Å². The van der Waals surface area contributed by atoms with E-state index in [0.29, 0.717) is 0 Å². The molecule has 0 spiro atoms. The fraction of sp³-hybridized carbons (Fsp3) is 0.167. The molecule has 0 aromatic carbocycles. The van der Waals surface area contributed by atoms with Gasteiger partial charge < -0.3 is 5.11 Å². The summed E-state index contributed by atoms with van der Waals surface area (Å²) in [6.07, 6.45) is 2.57. The molecule has 0 aliphatic rings. The van der Waals surface area contributed by atoms with Gasteiger partial charge in [-0.25, -0.2) is 14.8 Å². The number of carboxylic acids is 1. The smallest absolute Gasteiger partial charge is 0.379 e. The van der Waals surface area contributed by atoms with Crippen molar-refractivity contribution in [3.63, 3.8) is 0 Å². The van der Waals surface area contributed by atoms with E-state index in [-0.39, 0.29) is 0 Å². The van der Waals surface area contributed by atoms with Crippen LogP contribution in [0.5, 0.6) is 0 Å². The van der Waals surface area contributed by atoms with E-state index in [1.54, 1.807) is 0 Å². The van der Waals surface area contributed by atoms with Crippen LogP contribution in [-0.4, -0.2) is 21.0 Å². The van der Waals surface area contributed by atoms with E-state index in [2.05, 4.69) is 9.97 Å². The second-order valence-electron chi connectivity index (χ2n) is 2.01. The highest BCUT2D eigenvalue weighted by atomic mass is 19.3. The largest absolute Gasteiger partial charge is 0.477 e. The lowest BCUT2D eigenvalue weighted by atomic mass is 10.2. The van der Waals surface area contributed by atoms with Gasteiger partial charge in [0.2, 0.25) is 0 Å². The molecule has 0 aliphatic carbocycles.